The molecule has 1 aliphatic heterocycles. The number of hydrogen-bond donors (Lipinski definition) is 0. The second-order valence-electron chi connectivity index (χ2n) is 7.33. The molecule has 1 unspecified atom stereocenters. The molecule has 1 aliphatic rings. The van der Waals surface area contributed by atoms with E-state index in [9.17, 15) is 14.4 Å². The average molecular weight is 407 g/mol. The lowest BCUT2D eigenvalue weighted by atomic mass is 10.1. The van der Waals surface area contributed by atoms with Crippen LogP contribution in [-0.4, -0.2) is 49.0 Å². The van der Waals surface area contributed by atoms with Crippen LogP contribution >= 0.6 is 0 Å². The van der Waals surface area contributed by atoms with Crippen molar-refractivity contribution in [1.29, 1.82) is 5.26 Å². The first-order valence-corrected chi connectivity index (χ1v) is 9.77. The number of carbonyl (C=O) groups excluding carboxylic acids is 1. The lowest BCUT2D eigenvalue weighted by molar-refractivity contribution is 0.0577. The fourth-order valence-corrected chi connectivity index (χ4v) is 3.88. The summed E-state index contributed by atoms with van der Waals surface area (Å²) >= 11 is 0. The van der Waals surface area contributed by atoms with Crippen LogP contribution in [0.15, 0.2) is 46.9 Å². The minimum absolute atomic E-state index is 0.207. The molecule has 0 spiro atoms. The molecular weight excluding hydrogens is 385 g/mol. The highest BCUT2D eigenvalue weighted by Gasteiger charge is 2.30. The van der Waals surface area contributed by atoms with Gasteiger partial charge in [-0.2, -0.15) is 5.26 Å². The van der Waals surface area contributed by atoms with E-state index in [2.05, 4.69) is 11.0 Å². The summed E-state index contributed by atoms with van der Waals surface area (Å²) in [5, 5.41) is 10.3. The quantitative estimate of drug-likeness (QED) is 0.656. The van der Waals surface area contributed by atoms with Crippen molar-refractivity contribution in [3.8, 4) is 11.8 Å². The summed E-state index contributed by atoms with van der Waals surface area (Å²) in [6, 6.07) is 13.7. The third kappa shape index (κ3) is 3.62. The monoisotopic (exact) mass is 407 g/mol. The summed E-state index contributed by atoms with van der Waals surface area (Å²) in [4.78, 5) is 16.8. The van der Waals surface area contributed by atoms with Gasteiger partial charge in [-0.15, -0.1) is 0 Å². The van der Waals surface area contributed by atoms with Crippen molar-refractivity contribution in [3.63, 3.8) is 0 Å². The summed E-state index contributed by atoms with van der Waals surface area (Å²) in [6.45, 7) is 3.88. The van der Waals surface area contributed by atoms with Crippen molar-refractivity contribution in [2.24, 2.45) is 0 Å². The van der Waals surface area contributed by atoms with E-state index in [1.807, 2.05) is 24.3 Å². The predicted molar refractivity (Wildman–Crippen MR) is 110 cm³/mol. The number of piperazine rings is 1. The van der Waals surface area contributed by atoms with Gasteiger partial charge >= 0.3 is 0 Å². The Bertz CT molecular complexity index is 1110. The van der Waals surface area contributed by atoms with Crippen LogP contribution in [0.2, 0.25) is 0 Å². The normalized spacial score (nSPS) is 15.7. The minimum atomic E-state index is -0.385. The number of halogens is 1. The lowest BCUT2D eigenvalue weighted by Crippen LogP contribution is -2.49. The van der Waals surface area contributed by atoms with Gasteiger partial charge in [-0.1, -0.05) is 12.1 Å². The molecule has 4 rings (SSSR count). The molecular formula is C23H22FN3O3. The van der Waals surface area contributed by atoms with Crippen molar-refractivity contribution >= 4 is 16.9 Å². The highest BCUT2D eigenvalue weighted by atomic mass is 19.1. The molecule has 0 aliphatic carbocycles. The maximum absolute atomic E-state index is 13.5. The third-order valence-corrected chi connectivity index (χ3v) is 5.61. The zero-order valence-corrected chi connectivity index (χ0v) is 16.9. The van der Waals surface area contributed by atoms with Crippen molar-refractivity contribution in [2.75, 3.05) is 33.3 Å². The summed E-state index contributed by atoms with van der Waals surface area (Å²) in [7, 11) is 1.60. The number of nitriles is 1. The number of methoxy groups -OCH3 is 1. The Labute approximate surface area is 174 Å². The molecule has 2 aromatic carbocycles. The van der Waals surface area contributed by atoms with E-state index in [0.29, 0.717) is 42.7 Å². The molecule has 7 heteroatoms. The number of nitrogens with zero attached hydrogens (tertiary/aromatic N) is 3. The molecule has 6 nitrogen and oxygen atoms in total. The number of benzene rings is 2. The molecule has 3 aromatic rings. The van der Waals surface area contributed by atoms with Gasteiger partial charge in [0.2, 0.25) is 0 Å². The zero-order valence-electron chi connectivity index (χ0n) is 16.9. The van der Waals surface area contributed by atoms with E-state index in [0.717, 1.165) is 11.3 Å². The number of aryl methyl sites for hydroxylation is 1. The Morgan fingerprint density at radius 3 is 2.50 bits per heavy atom. The molecule has 0 saturated carbocycles. The van der Waals surface area contributed by atoms with Gasteiger partial charge in [0.25, 0.3) is 5.91 Å². The molecule has 0 radical (unpaired) electrons. The van der Waals surface area contributed by atoms with E-state index in [1.54, 1.807) is 25.0 Å². The maximum Gasteiger partial charge on any atom is 0.289 e. The zero-order chi connectivity index (χ0) is 21.3. The standard InChI is InChI=1S/C23H22FN3O3/c1-15-19-13-17(24)5-8-21(19)30-22(15)23(28)27-11-9-26(10-12-27)20(14-25)16-3-6-18(29-2)7-4-16/h3-8,13,20H,9-12H2,1-2H3. The Morgan fingerprint density at radius 2 is 1.87 bits per heavy atom. The molecule has 0 N–H and O–H groups in total. The Balaban J connectivity index is 1.46. The molecule has 1 fully saturated rings. The number of fused-ring (bicyclic) bond motifs is 1. The molecule has 2 heterocycles. The van der Waals surface area contributed by atoms with E-state index in [-0.39, 0.29) is 23.5 Å². The van der Waals surface area contributed by atoms with E-state index < -0.39 is 0 Å². The number of furan rings is 1. The fraction of sp³-hybridized carbons (Fsp3) is 0.304. The second-order valence-corrected chi connectivity index (χ2v) is 7.33. The summed E-state index contributed by atoms with van der Waals surface area (Å²) in [5.41, 5.74) is 2.04. The average Bonchev–Trinajstić information content (AvgIpc) is 3.10. The molecule has 1 amide bonds. The van der Waals surface area contributed by atoms with E-state index in [1.165, 1.54) is 12.1 Å². The van der Waals surface area contributed by atoms with Crippen LogP contribution in [0.25, 0.3) is 11.0 Å². The fourth-order valence-electron chi connectivity index (χ4n) is 3.88. The smallest absolute Gasteiger partial charge is 0.289 e. The van der Waals surface area contributed by atoms with Crippen LogP contribution in [0.1, 0.15) is 27.7 Å². The highest BCUT2D eigenvalue weighted by Crippen LogP contribution is 2.28. The highest BCUT2D eigenvalue weighted by molar-refractivity contribution is 5.99. The Hall–Kier alpha value is -3.37. The minimum Gasteiger partial charge on any atom is -0.497 e. The molecule has 1 saturated heterocycles. The van der Waals surface area contributed by atoms with Gasteiger partial charge in [-0.05, 0) is 42.8 Å². The molecule has 154 valence electrons. The van der Waals surface area contributed by atoms with Crippen molar-refractivity contribution < 1.29 is 18.3 Å². The first-order valence-electron chi connectivity index (χ1n) is 9.77. The summed E-state index contributed by atoms with van der Waals surface area (Å²) in [6.07, 6.45) is 0. The first kappa shape index (κ1) is 19.9. The van der Waals surface area contributed by atoms with Crippen molar-refractivity contribution in [1.82, 2.24) is 9.80 Å². The number of amides is 1. The van der Waals surface area contributed by atoms with Crippen LogP contribution in [0.4, 0.5) is 4.39 Å². The maximum atomic E-state index is 13.5. The SMILES string of the molecule is COc1ccc(C(C#N)N2CCN(C(=O)c3oc4ccc(F)cc4c3C)CC2)cc1. The Kier molecular flexibility index (Phi) is 5.42. The predicted octanol–water partition coefficient (Wildman–Crippen LogP) is 3.91. The Morgan fingerprint density at radius 1 is 1.17 bits per heavy atom. The third-order valence-electron chi connectivity index (χ3n) is 5.61. The molecule has 1 atom stereocenters. The van der Waals surface area contributed by atoms with E-state index >= 15 is 0 Å². The lowest BCUT2D eigenvalue weighted by Gasteiger charge is -2.36. The van der Waals surface area contributed by atoms with Gasteiger partial charge in [0.1, 0.15) is 23.2 Å². The molecule has 0 bridgehead atoms. The summed E-state index contributed by atoms with van der Waals surface area (Å²) in [5.74, 6) is 0.421. The summed E-state index contributed by atoms with van der Waals surface area (Å²) < 4.78 is 24.4. The van der Waals surface area contributed by atoms with Crippen molar-refractivity contribution in [2.45, 2.75) is 13.0 Å². The molecule has 1 aromatic heterocycles. The van der Waals surface area contributed by atoms with Gasteiger partial charge in [0.15, 0.2) is 5.76 Å². The number of rotatable bonds is 4. The van der Waals surface area contributed by atoms with Gasteiger partial charge in [0.05, 0.1) is 13.2 Å². The van der Waals surface area contributed by atoms with Crippen molar-refractivity contribution in [3.05, 3.63) is 65.2 Å². The number of carbonyl (C=O) groups is 1. The first-order chi connectivity index (χ1) is 14.5. The van der Waals surface area contributed by atoms with Gasteiger partial charge < -0.3 is 14.1 Å². The van der Waals surface area contributed by atoms with Crippen LogP contribution in [0.3, 0.4) is 0 Å². The number of ether oxygens (including phenoxy) is 1. The van der Waals surface area contributed by atoms with E-state index in [4.69, 9.17) is 9.15 Å². The van der Waals surface area contributed by atoms with Crippen LogP contribution in [0, 0.1) is 24.1 Å². The number of hydrogen-bond acceptors (Lipinski definition) is 5. The van der Waals surface area contributed by atoms with Gasteiger partial charge in [-0.25, -0.2) is 4.39 Å². The topological polar surface area (TPSA) is 69.7 Å². The van der Waals surface area contributed by atoms with Crippen LogP contribution in [-0.2, 0) is 0 Å². The van der Waals surface area contributed by atoms with Gasteiger partial charge in [0, 0.05) is 37.1 Å². The van der Waals surface area contributed by atoms with Crippen LogP contribution in [0.5, 0.6) is 5.75 Å². The van der Waals surface area contributed by atoms with Crippen LogP contribution < -0.4 is 4.74 Å². The largest absolute Gasteiger partial charge is 0.497 e. The molecule has 30 heavy (non-hydrogen) atoms. The second kappa shape index (κ2) is 8.17. The van der Waals surface area contributed by atoms with Gasteiger partial charge in [-0.3, -0.25) is 9.69 Å².